The molecule has 2 rings (SSSR count). The molecule has 1 nitrogen and oxygen atoms in total. The van der Waals surface area contributed by atoms with Gasteiger partial charge < -0.3 is 0 Å². The summed E-state index contributed by atoms with van der Waals surface area (Å²) in [5.74, 6) is 0. The summed E-state index contributed by atoms with van der Waals surface area (Å²) in [6.07, 6.45) is 0. The molecule has 18 heavy (non-hydrogen) atoms. The van der Waals surface area contributed by atoms with Crippen LogP contribution in [0.2, 0.25) is 0 Å². The van der Waals surface area contributed by atoms with E-state index >= 15 is 0 Å². The topological polar surface area (TPSA) is 12.9 Å². The summed E-state index contributed by atoms with van der Waals surface area (Å²) in [6.45, 7) is 13.3. The Morgan fingerprint density at radius 1 is 0.778 bits per heavy atom. The average Bonchev–Trinajstić information content (AvgIpc) is 2.25. The lowest BCUT2D eigenvalue weighted by molar-refractivity contribution is 0.571. The van der Waals surface area contributed by atoms with Gasteiger partial charge in [0.2, 0.25) is 0 Å². The van der Waals surface area contributed by atoms with Crippen molar-refractivity contribution < 1.29 is 0 Å². The Kier molecular flexibility index (Phi) is 2.96. The molecule has 1 aromatic carbocycles. The van der Waals surface area contributed by atoms with E-state index in [0.29, 0.717) is 0 Å². The molecule has 0 spiro atoms. The second-order valence-corrected chi connectivity index (χ2v) is 7.10. The molecule has 0 atom stereocenters. The highest BCUT2D eigenvalue weighted by Gasteiger charge is 2.17. The zero-order valence-corrected chi connectivity index (χ0v) is 12.3. The van der Waals surface area contributed by atoms with Crippen LogP contribution < -0.4 is 0 Å². The Labute approximate surface area is 110 Å². The lowest BCUT2D eigenvalue weighted by atomic mass is 9.86. The summed E-state index contributed by atoms with van der Waals surface area (Å²) in [7, 11) is 0. The van der Waals surface area contributed by atoms with Gasteiger partial charge in [-0.3, -0.25) is 4.98 Å². The van der Waals surface area contributed by atoms with Gasteiger partial charge in [0.05, 0.1) is 5.52 Å². The molecule has 0 unspecified atom stereocenters. The van der Waals surface area contributed by atoms with Gasteiger partial charge in [-0.1, -0.05) is 53.7 Å². The Bertz CT molecular complexity index is 515. The second-order valence-electron chi connectivity index (χ2n) is 7.10. The number of hydrogen-bond donors (Lipinski definition) is 0. The molecule has 0 aliphatic carbocycles. The largest absolute Gasteiger partial charge is 0.252 e. The van der Waals surface area contributed by atoms with Crippen LogP contribution >= 0.6 is 0 Å². The minimum atomic E-state index is 0.108. The second kappa shape index (κ2) is 4.08. The van der Waals surface area contributed by atoms with E-state index in [-0.39, 0.29) is 10.8 Å². The fourth-order valence-corrected chi connectivity index (χ4v) is 2.01. The van der Waals surface area contributed by atoms with Crippen molar-refractivity contribution in [3.63, 3.8) is 0 Å². The zero-order chi connectivity index (χ0) is 13.6. The number of pyridine rings is 1. The first-order valence-electron chi connectivity index (χ1n) is 6.60. The minimum absolute atomic E-state index is 0.108. The van der Waals surface area contributed by atoms with Crippen molar-refractivity contribution in [3.05, 3.63) is 41.6 Å². The number of benzene rings is 1. The maximum absolute atomic E-state index is 4.77. The summed E-state index contributed by atoms with van der Waals surface area (Å²) < 4.78 is 0. The molecule has 2 aromatic rings. The van der Waals surface area contributed by atoms with Crippen LogP contribution in [0, 0.1) is 0 Å². The fraction of sp³-hybridized carbons (Fsp3) is 0.471. The molecule has 1 heterocycles. The van der Waals surface area contributed by atoms with Gasteiger partial charge in [-0.25, -0.2) is 0 Å². The number of rotatable bonds is 0. The Morgan fingerprint density at radius 2 is 1.44 bits per heavy atom. The minimum Gasteiger partial charge on any atom is -0.252 e. The molecule has 0 fully saturated rings. The molecule has 0 aliphatic rings. The predicted molar refractivity (Wildman–Crippen MR) is 79.1 cm³/mol. The normalized spacial score (nSPS) is 13.0. The van der Waals surface area contributed by atoms with E-state index < -0.39 is 0 Å². The Balaban J connectivity index is 2.56. The van der Waals surface area contributed by atoms with Crippen LogP contribution in [0.5, 0.6) is 0 Å². The third-order valence-electron chi connectivity index (χ3n) is 3.32. The van der Waals surface area contributed by atoms with Gasteiger partial charge in [0, 0.05) is 16.5 Å². The molecule has 0 saturated carbocycles. The van der Waals surface area contributed by atoms with Crippen LogP contribution in [0.15, 0.2) is 30.3 Å². The lowest BCUT2D eigenvalue weighted by Crippen LogP contribution is -2.14. The van der Waals surface area contributed by atoms with E-state index in [1.54, 1.807) is 0 Å². The first-order valence-corrected chi connectivity index (χ1v) is 6.60. The van der Waals surface area contributed by atoms with Gasteiger partial charge in [0.15, 0.2) is 0 Å². The first kappa shape index (κ1) is 13.1. The summed E-state index contributed by atoms with van der Waals surface area (Å²) in [6, 6.07) is 10.9. The lowest BCUT2D eigenvalue weighted by Gasteiger charge is -2.21. The van der Waals surface area contributed by atoms with Crippen LogP contribution in [0.4, 0.5) is 0 Å². The first-order chi connectivity index (χ1) is 8.18. The highest BCUT2D eigenvalue weighted by molar-refractivity contribution is 5.79. The molecule has 1 aromatic heterocycles. The quantitative estimate of drug-likeness (QED) is 0.643. The van der Waals surface area contributed by atoms with E-state index in [4.69, 9.17) is 4.98 Å². The van der Waals surface area contributed by atoms with Gasteiger partial charge in [-0.05, 0) is 29.2 Å². The van der Waals surface area contributed by atoms with Gasteiger partial charge >= 0.3 is 0 Å². The van der Waals surface area contributed by atoms with E-state index in [1.807, 2.05) is 0 Å². The fourth-order valence-electron chi connectivity index (χ4n) is 2.01. The van der Waals surface area contributed by atoms with Crippen molar-refractivity contribution in [2.24, 2.45) is 0 Å². The number of nitrogens with zero attached hydrogens (tertiary/aromatic N) is 1. The van der Waals surface area contributed by atoms with Crippen LogP contribution in [0.1, 0.15) is 52.8 Å². The molecule has 96 valence electrons. The summed E-state index contributed by atoms with van der Waals surface area (Å²) in [4.78, 5) is 4.77. The summed E-state index contributed by atoms with van der Waals surface area (Å²) in [5.41, 5.74) is 3.91. The van der Waals surface area contributed by atoms with E-state index in [1.165, 1.54) is 10.9 Å². The molecule has 0 aliphatic heterocycles. The number of fused-ring (bicyclic) bond motifs is 1. The summed E-state index contributed by atoms with van der Waals surface area (Å²) >= 11 is 0. The van der Waals surface area contributed by atoms with Crippen molar-refractivity contribution >= 4 is 10.9 Å². The average molecular weight is 241 g/mol. The van der Waals surface area contributed by atoms with Gasteiger partial charge in [0.1, 0.15) is 0 Å². The Hall–Kier alpha value is -1.37. The highest BCUT2D eigenvalue weighted by atomic mass is 14.7. The van der Waals surface area contributed by atoms with Crippen molar-refractivity contribution in [1.82, 2.24) is 4.98 Å². The molecular weight excluding hydrogens is 218 g/mol. The van der Waals surface area contributed by atoms with Gasteiger partial charge in [0.25, 0.3) is 0 Å². The van der Waals surface area contributed by atoms with Crippen molar-refractivity contribution in [1.29, 1.82) is 0 Å². The monoisotopic (exact) mass is 241 g/mol. The third kappa shape index (κ3) is 2.55. The molecule has 1 heteroatoms. The maximum Gasteiger partial charge on any atom is 0.0705 e. The van der Waals surface area contributed by atoms with E-state index in [2.05, 4.69) is 71.9 Å². The Morgan fingerprint density at radius 3 is 2.00 bits per heavy atom. The van der Waals surface area contributed by atoms with Crippen molar-refractivity contribution in [2.75, 3.05) is 0 Å². The summed E-state index contributed by atoms with van der Waals surface area (Å²) in [5, 5.41) is 1.23. The number of aromatic nitrogens is 1. The van der Waals surface area contributed by atoms with Gasteiger partial charge in [-0.2, -0.15) is 0 Å². The molecule has 0 N–H and O–H groups in total. The van der Waals surface area contributed by atoms with E-state index in [0.717, 1.165) is 11.2 Å². The molecular formula is C17H23N. The predicted octanol–water partition coefficient (Wildman–Crippen LogP) is 4.83. The van der Waals surface area contributed by atoms with Gasteiger partial charge in [-0.15, -0.1) is 0 Å². The van der Waals surface area contributed by atoms with E-state index in [9.17, 15) is 0 Å². The molecule has 0 radical (unpaired) electrons. The molecule has 0 saturated heterocycles. The number of hydrogen-bond acceptors (Lipinski definition) is 1. The van der Waals surface area contributed by atoms with Crippen LogP contribution in [-0.4, -0.2) is 4.98 Å². The molecule has 0 bridgehead atoms. The SMILES string of the molecule is CC(C)(C)c1ccc2nc(C(C)(C)C)ccc2c1. The zero-order valence-electron chi connectivity index (χ0n) is 12.3. The van der Waals surface area contributed by atoms with Crippen molar-refractivity contribution in [2.45, 2.75) is 52.4 Å². The standard InChI is InChI=1S/C17H23N/c1-16(2,3)13-8-9-14-12(11-13)7-10-15(18-14)17(4,5)6/h7-11H,1-6H3. The highest BCUT2D eigenvalue weighted by Crippen LogP contribution is 2.27. The van der Waals surface area contributed by atoms with Crippen LogP contribution in [0.3, 0.4) is 0 Å². The van der Waals surface area contributed by atoms with Crippen LogP contribution in [-0.2, 0) is 10.8 Å². The maximum atomic E-state index is 4.77. The van der Waals surface area contributed by atoms with Crippen molar-refractivity contribution in [3.8, 4) is 0 Å². The van der Waals surface area contributed by atoms with Crippen LogP contribution in [0.25, 0.3) is 10.9 Å². The third-order valence-corrected chi connectivity index (χ3v) is 3.32. The molecule has 0 amide bonds. The smallest absolute Gasteiger partial charge is 0.0705 e.